The number of fused-ring (bicyclic) bond motifs is 2. The van der Waals surface area contributed by atoms with Gasteiger partial charge < -0.3 is 9.64 Å². The van der Waals surface area contributed by atoms with Gasteiger partial charge in [-0.3, -0.25) is 4.98 Å². The molecule has 0 atom stereocenters. The quantitative estimate of drug-likeness (QED) is 0.337. The number of halogens is 1. The van der Waals surface area contributed by atoms with Gasteiger partial charge in [-0.25, -0.2) is 0 Å². The largest absolute Gasteiger partial charge is 0.361 e. The first-order valence-electron chi connectivity index (χ1n) is 9.99. The third-order valence-electron chi connectivity index (χ3n) is 4.71. The lowest BCUT2D eigenvalue weighted by atomic mass is 10.0. The minimum atomic E-state index is -0.984. The average Bonchev–Trinajstić information content (AvgIpc) is 2.71. The van der Waals surface area contributed by atoms with E-state index in [-0.39, 0.29) is 0 Å². The fraction of sp³-hybridized carbons (Fsp3) is 0.292. The third-order valence-corrected chi connectivity index (χ3v) is 6.65. The Morgan fingerprint density at radius 2 is 1.86 bits per heavy atom. The molecule has 3 aromatic rings. The lowest BCUT2D eigenvalue weighted by Gasteiger charge is -2.26. The zero-order valence-electron chi connectivity index (χ0n) is 17.4. The minimum Gasteiger partial charge on any atom is -0.361 e. The van der Waals surface area contributed by atoms with Crippen LogP contribution in [0.4, 0.5) is 0 Å². The fourth-order valence-electron chi connectivity index (χ4n) is 2.99. The van der Waals surface area contributed by atoms with Crippen molar-refractivity contribution < 1.29 is 4.74 Å². The van der Waals surface area contributed by atoms with Gasteiger partial charge in [0.15, 0.2) is 0 Å². The highest BCUT2D eigenvalue weighted by molar-refractivity contribution is 6.76. The highest BCUT2D eigenvalue weighted by Crippen LogP contribution is 2.23. The van der Waals surface area contributed by atoms with Crippen LogP contribution in [0, 0.1) is 0 Å². The molecule has 0 N–H and O–H groups in total. The van der Waals surface area contributed by atoms with Gasteiger partial charge in [-0.15, -0.1) is 0 Å². The topological polar surface area (TPSA) is 25.4 Å². The van der Waals surface area contributed by atoms with Gasteiger partial charge in [0, 0.05) is 44.0 Å². The first-order chi connectivity index (χ1) is 13.9. The molecule has 2 aromatic carbocycles. The summed E-state index contributed by atoms with van der Waals surface area (Å²) in [6.45, 7) is 9.55. The van der Waals surface area contributed by atoms with Gasteiger partial charge >= 0.3 is 0 Å². The van der Waals surface area contributed by atoms with Crippen LogP contribution in [0.15, 0.2) is 67.0 Å². The van der Waals surface area contributed by atoms with Crippen molar-refractivity contribution >= 4 is 36.7 Å². The molecule has 1 aliphatic rings. The molecule has 0 aliphatic carbocycles. The van der Waals surface area contributed by atoms with Crippen LogP contribution < -0.4 is 0 Å². The van der Waals surface area contributed by atoms with Gasteiger partial charge in [-0.1, -0.05) is 61.6 Å². The van der Waals surface area contributed by atoms with Gasteiger partial charge in [0.25, 0.3) is 0 Å². The molecule has 0 amide bonds. The van der Waals surface area contributed by atoms with E-state index in [9.17, 15) is 0 Å². The van der Waals surface area contributed by atoms with Crippen LogP contribution in [0.5, 0.6) is 0 Å². The van der Waals surface area contributed by atoms with Crippen LogP contribution in [0.2, 0.25) is 30.7 Å². The van der Waals surface area contributed by atoms with Crippen LogP contribution >= 0.6 is 11.6 Å². The number of rotatable bonds is 5. The predicted octanol–water partition coefficient (Wildman–Crippen LogP) is 6.67. The lowest BCUT2D eigenvalue weighted by molar-refractivity contribution is 0.0580. The molecule has 0 bridgehead atoms. The molecule has 4 rings (SSSR count). The second kappa shape index (κ2) is 10.1. The van der Waals surface area contributed by atoms with E-state index in [1.54, 1.807) is 0 Å². The van der Waals surface area contributed by atoms with E-state index in [0.717, 1.165) is 23.7 Å². The summed E-state index contributed by atoms with van der Waals surface area (Å²) < 4.78 is 5.77. The molecular formula is C24H29ClN2OSi. The van der Waals surface area contributed by atoms with Crippen LogP contribution in [-0.4, -0.2) is 31.3 Å². The van der Waals surface area contributed by atoms with E-state index in [1.807, 2.05) is 42.6 Å². The third kappa shape index (κ3) is 7.00. The average molecular weight is 425 g/mol. The lowest BCUT2D eigenvalue weighted by Crippen LogP contribution is -2.26. The van der Waals surface area contributed by atoms with Gasteiger partial charge in [0.2, 0.25) is 0 Å². The maximum Gasteiger partial charge on any atom is 0.118 e. The highest BCUT2D eigenvalue weighted by atomic mass is 35.5. The molecule has 0 saturated carbocycles. The van der Waals surface area contributed by atoms with Crippen molar-refractivity contribution in [1.29, 1.82) is 0 Å². The summed E-state index contributed by atoms with van der Waals surface area (Å²) in [6, 6.07) is 19.4. The van der Waals surface area contributed by atoms with E-state index in [0.29, 0.717) is 6.73 Å². The van der Waals surface area contributed by atoms with Crippen molar-refractivity contribution in [1.82, 2.24) is 9.88 Å². The SMILES string of the molecule is C[Si](C)(C)CCOCN1C=Cc2cc(Cl)ccc2C1.c1ccc2ncccc2c1. The molecule has 0 fully saturated rings. The minimum absolute atomic E-state index is 0.670. The normalized spacial score (nSPS) is 13.0. The maximum atomic E-state index is 5.99. The van der Waals surface area contributed by atoms with Crippen LogP contribution in [-0.2, 0) is 11.3 Å². The summed E-state index contributed by atoms with van der Waals surface area (Å²) in [7, 11) is -0.984. The molecule has 0 unspecified atom stereocenters. The summed E-state index contributed by atoms with van der Waals surface area (Å²) in [5, 5.41) is 1.99. The van der Waals surface area contributed by atoms with Crippen molar-refractivity contribution in [2.45, 2.75) is 32.2 Å². The molecular weight excluding hydrogens is 396 g/mol. The summed E-state index contributed by atoms with van der Waals surface area (Å²) in [5.74, 6) is 0. The van der Waals surface area contributed by atoms with Crippen LogP contribution in [0.3, 0.4) is 0 Å². The van der Waals surface area contributed by atoms with Crippen LogP contribution in [0.25, 0.3) is 17.0 Å². The van der Waals surface area contributed by atoms with E-state index in [2.05, 4.69) is 60.0 Å². The molecule has 1 aromatic heterocycles. The number of hydrogen-bond acceptors (Lipinski definition) is 3. The Kier molecular flexibility index (Phi) is 7.48. The van der Waals surface area contributed by atoms with Gasteiger partial charge in [-0.05, 0) is 47.5 Å². The Labute approximate surface area is 180 Å². The number of hydrogen-bond donors (Lipinski definition) is 0. The number of ether oxygens (including phenoxy) is 1. The number of aromatic nitrogens is 1. The first kappa shape index (κ1) is 21.6. The smallest absolute Gasteiger partial charge is 0.118 e. The Balaban J connectivity index is 0.000000200. The second-order valence-corrected chi connectivity index (χ2v) is 14.5. The number of nitrogens with zero attached hydrogens (tertiary/aromatic N) is 2. The molecule has 29 heavy (non-hydrogen) atoms. The van der Waals surface area contributed by atoms with Crippen LogP contribution in [0.1, 0.15) is 11.1 Å². The molecule has 0 radical (unpaired) electrons. The monoisotopic (exact) mass is 424 g/mol. The summed E-state index contributed by atoms with van der Waals surface area (Å²) >= 11 is 5.99. The van der Waals surface area contributed by atoms with Crippen molar-refractivity contribution in [3.8, 4) is 0 Å². The standard InChI is InChI=1S/C15H22ClNOSi.C9H7N/c1-19(2,3)9-8-18-12-17-7-6-13-10-15(16)5-4-14(13)11-17;1-2-6-9-8(4-1)5-3-7-10-9/h4-7,10H,8-9,11-12H2,1-3H3;1-7H. The van der Waals surface area contributed by atoms with Gasteiger partial charge in [-0.2, -0.15) is 0 Å². The molecule has 1 aliphatic heterocycles. The van der Waals surface area contributed by atoms with Crippen molar-refractivity contribution in [3.05, 3.63) is 83.1 Å². The zero-order valence-corrected chi connectivity index (χ0v) is 19.2. The molecule has 0 saturated heterocycles. The van der Waals surface area contributed by atoms with Crippen molar-refractivity contribution in [2.24, 2.45) is 0 Å². The van der Waals surface area contributed by atoms with E-state index in [4.69, 9.17) is 16.3 Å². The second-order valence-electron chi connectivity index (χ2n) is 8.45. The maximum absolute atomic E-state index is 5.99. The van der Waals surface area contributed by atoms with E-state index < -0.39 is 8.07 Å². The summed E-state index contributed by atoms with van der Waals surface area (Å²) in [5.41, 5.74) is 3.58. The molecule has 2 heterocycles. The molecule has 152 valence electrons. The zero-order chi connectivity index (χ0) is 20.7. The number of para-hydroxylation sites is 1. The van der Waals surface area contributed by atoms with Crippen molar-refractivity contribution in [3.63, 3.8) is 0 Å². The molecule has 3 nitrogen and oxygen atoms in total. The van der Waals surface area contributed by atoms with Crippen molar-refractivity contribution in [2.75, 3.05) is 13.3 Å². The Hall–Kier alpha value is -2.14. The van der Waals surface area contributed by atoms with Gasteiger partial charge in [0.05, 0.1) is 5.52 Å². The predicted molar refractivity (Wildman–Crippen MR) is 127 cm³/mol. The summed E-state index contributed by atoms with van der Waals surface area (Å²) in [4.78, 5) is 6.38. The molecule has 0 spiro atoms. The number of pyridine rings is 1. The number of benzene rings is 2. The van der Waals surface area contributed by atoms with E-state index >= 15 is 0 Å². The highest BCUT2D eigenvalue weighted by Gasteiger charge is 2.14. The van der Waals surface area contributed by atoms with Gasteiger partial charge in [0.1, 0.15) is 6.73 Å². The van der Waals surface area contributed by atoms with E-state index in [1.165, 1.54) is 22.6 Å². The first-order valence-corrected chi connectivity index (χ1v) is 14.1. The summed E-state index contributed by atoms with van der Waals surface area (Å²) in [6.07, 6.45) is 6.00. The fourth-order valence-corrected chi connectivity index (χ4v) is 3.92. The Bertz CT molecular complexity index is 903. The Morgan fingerprint density at radius 3 is 2.66 bits per heavy atom. The Morgan fingerprint density at radius 1 is 1.07 bits per heavy atom. The molecule has 5 heteroatoms.